The first kappa shape index (κ1) is 13.9. The van der Waals surface area contributed by atoms with E-state index in [-0.39, 0.29) is 0 Å². The summed E-state index contributed by atoms with van der Waals surface area (Å²) < 4.78 is 5.62. The Morgan fingerprint density at radius 3 is 2.44 bits per heavy atom. The largest absolute Gasteiger partial charge is 0.381 e. The van der Waals surface area contributed by atoms with Gasteiger partial charge in [-0.2, -0.15) is 0 Å². The normalized spacial score (nSPS) is 25.9. The van der Waals surface area contributed by atoms with Gasteiger partial charge in [0.1, 0.15) is 0 Å². The van der Waals surface area contributed by atoms with E-state index >= 15 is 0 Å². The number of ether oxygens (including phenoxy) is 1. The highest BCUT2D eigenvalue weighted by Gasteiger charge is 2.35. The Kier molecular flexibility index (Phi) is 5.73. The first-order valence-electron chi connectivity index (χ1n) is 6.65. The van der Waals surface area contributed by atoms with Gasteiger partial charge in [0, 0.05) is 31.2 Å². The second-order valence-electron chi connectivity index (χ2n) is 5.30. The minimum Gasteiger partial charge on any atom is -0.381 e. The number of hydrogen-bond acceptors (Lipinski definition) is 3. The molecule has 0 amide bonds. The predicted octanol–water partition coefficient (Wildman–Crippen LogP) is 1.73. The molecule has 1 unspecified atom stereocenters. The van der Waals surface area contributed by atoms with Crippen molar-refractivity contribution in [2.75, 3.05) is 39.4 Å². The van der Waals surface area contributed by atoms with Gasteiger partial charge in [-0.3, -0.25) is 0 Å². The highest BCUT2D eigenvalue weighted by atomic mass is 16.5. The highest BCUT2D eigenvalue weighted by Crippen LogP contribution is 2.29. The summed E-state index contributed by atoms with van der Waals surface area (Å²) in [6, 6.07) is 0.564. The lowest BCUT2D eigenvalue weighted by atomic mass is 9.86. The van der Waals surface area contributed by atoms with Crippen LogP contribution in [0.3, 0.4) is 0 Å². The Hall–Kier alpha value is -0.120. The van der Waals surface area contributed by atoms with Crippen LogP contribution in [0.2, 0.25) is 0 Å². The SMILES string of the molecule is CCN(CC)CC1(CNC(C)C)CCOC1. The molecule has 0 aromatic rings. The average Bonchev–Trinajstić information content (AvgIpc) is 2.72. The van der Waals surface area contributed by atoms with Crippen molar-refractivity contribution in [1.29, 1.82) is 0 Å². The molecule has 1 fully saturated rings. The smallest absolute Gasteiger partial charge is 0.0547 e. The molecule has 1 aliphatic heterocycles. The first-order valence-corrected chi connectivity index (χ1v) is 6.65. The maximum atomic E-state index is 5.62. The Balaban J connectivity index is 2.50. The fraction of sp³-hybridized carbons (Fsp3) is 1.00. The zero-order valence-corrected chi connectivity index (χ0v) is 11.4. The lowest BCUT2D eigenvalue weighted by Crippen LogP contribution is -2.46. The Morgan fingerprint density at radius 2 is 2.00 bits per heavy atom. The quantitative estimate of drug-likeness (QED) is 0.718. The zero-order valence-electron chi connectivity index (χ0n) is 11.4. The fourth-order valence-corrected chi connectivity index (χ4v) is 2.31. The van der Waals surface area contributed by atoms with Gasteiger partial charge in [0.25, 0.3) is 0 Å². The number of rotatable bonds is 7. The zero-order chi connectivity index (χ0) is 12.0. The summed E-state index contributed by atoms with van der Waals surface area (Å²) in [5, 5.41) is 3.58. The van der Waals surface area contributed by atoms with Gasteiger partial charge in [0.2, 0.25) is 0 Å². The van der Waals surface area contributed by atoms with Crippen LogP contribution in [-0.2, 0) is 4.74 Å². The van der Waals surface area contributed by atoms with Gasteiger partial charge in [0.05, 0.1) is 6.61 Å². The van der Waals surface area contributed by atoms with Crippen molar-refractivity contribution in [3.8, 4) is 0 Å². The fourth-order valence-electron chi connectivity index (χ4n) is 2.31. The average molecular weight is 228 g/mol. The van der Waals surface area contributed by atoms with E-state index in [4.69, 9.17) is 4.74 Å². The van der Waals surface area contributed by atoms with Crippen LogP contribution in [0.4, 0.5) is 0 Å². The predicted molar refractivity (Wildman–Crippen MR) is 68.8 cm³/mol. The summed E-state index contributed by atoms with van der Waals surface area (Å²) >= 11 is 0. The second kappa shape index (κ2) is 6.58. The first-order chi connectivity index (χ1) is 7.62. The minimum atomic E-state index is 0.344. The van der Waals surface area contributed by atoms with Gasteiger partial charge in [-0.1, -0.05) is 27.7 Å². The van der Waals surface area contributed by atoms with Crippen molar-refractivity contribution in [3.63, 3.8) is 0 Å². The van der Waals surface area contributed by atoms with Gasteiger partial charge >= 0.3 is 0 Å². The summed E-state index contributed by atoms with van der Waals surface area (Å²) in [7, 11) is 0. The van der Waals surface area contributed by atoms with Crippen LogP contribution in [-0.4, -0.2) is 50.3 Å². The molecule has 0 saturated carbocycles. The molecule has 0 radical (unpaired) electrons. The van der Waals surface area contributed by atoms with Gasteiger partial charge in [-0.15, -0.1) is 0 Å². The summed E-state index contributed by atoms with van der Waals surface area (Å²) in [6.45, 7) is 15.3. The third-order valence-electron chi connectivity index (χ3n) is 3.52. The molecule has 1 saturated heterocycles. The van der Waals surface area contributed by atoms with Crippen LogP contribution in [0.15, 0.2) is 0 Å². The minimum absolute atomic E-state index is 0.344. The van der Waals surface area contributed by atoms with Crippen molar-refractivity contribution in [3.05, 3.63) is 0 Å². The molecule has 1 N–H and O–H groups in total. The van der Waals surface area contributed by atoms with E-state index in [2.05, 4.69) is 37.9 Å². The van der Waals surface area contributed by atoms with Crippen LogP contribution in [0, 0.1) is 5.41 Å². The monoisotopic (exact) mass is 228 g/mol. The van der Waals surface area contributed by atoms with Crippen LogP contribution in [0.25, 0.3) is 0 Å². The maximum absolute atomic E-state index is 5.62. The van der Waals surface area contributed by atoms with Crippen molar-refractivity contribution >= 4 is 0 Å². The lowest BCUT2D eigenvalue weighted by Gasteiger charge is -2.34. The molecule has 0 aromatic carbocycles. The van der Waals surface area contributed by atoms with E-state index in [1.54, 1.807) is 0 Å². The highest BCUT2D eigenvalue weighted by molar-refractivity contribution is 4.88. The summed E-state index contributed by atoms with van der Waals surface area (Å²) in [5.41, 5.74) is 0.344. The van der Waals surface area contributed by atoms with Crippen molar-refractivity contribution in [2.24, 2.45) is 5.41 Å². The van der Waals surface area contributed by atoms with E-state index in [1.165, 1.54) is 13.0 Å². The number of hydrogen-bond donors (Lipinski definition) is 1. The summed E-state index contributed by atoms with van der Waals surface area (Å²) in [6.07, 6.45) is 1.20. The van der Waals surface area contributed by atoms with Gasteiger partial charge in [0.15, 0.2) is 0 Å². The van der Waals surface area contributed by atoms with Crippen molar-refractivity contribution in [2.45, 2.75) is 40.2 Å². The number of nitrogens with one attached hydrogen (secondary N) is 1. The molecule has 0 aromatic heterocycles. The third-order valence-corrected chi connectivity index (χ3v) is 3.52. The van der Waals surface area contributed by atoms with Crippen LogP contribution in [0.1, 0.15) is 34.1 Å². The molecule has 3 heteroatoms. The Morgan fingerprint density at radius 1 is 1.31 bits per heavy atom. The van der Waals surface area contributed by atoms with Crippen LogP contribution < -0.4 is 5.32 Å². The van der Waals surface area contributed by atoms with E-state index in [1.807, 2.05) is 0 Å². The molecule has 96 valence electrons. The molecular weight excluding hydrogens is 200 g/mol. The number of nitrogens with zero attached hydrogens (tertiary/aromatic N) is 1. The van der Waals surface area contributed by atoms with Crippen LogP contribution >= 0.6 is 0 Å². The molecule has 1 atom stereocenters. The Labute approximate surface area is 101 Å². The Bertz CT molecular complexity index is 184. The molecule has 0 spiro atoms. The van der Waals surface area contributed by atoms with E-state index < -0.39 is 0 Å². The van der Waals surface area contributed by atoms with E-state index in [0.29, 0.717) is 11.5 Å². The van der Waals surface area contributed by atoms with Gasteiger partial charge < -0.3 is 15.0 Å². The molecule has 0 aliphatic carbocycles. The third kappa shape index (κ3) is 4.04. The van der Waals surface area contributed by atoms with Crippen molar-refractivity contribution in [1.82, 2.24) is 10.2 Å². The molecule has 1 rings (SSSR count). The second-order valence-corrected chi connectivity index (χ2v) is 5.30. The van der Waals surface area contributed by atoms with E-state index in [9.17, 15) is 0 Å². The topological polar surface area (TPSA) is 24.5 Å². The molecule has 0 bridgehead atoms. The molecule has 1 heterocycles. The standard InChI is InChI=1S/C13H28N2O/c1-5-15(6-2)10-13(7-8-16-11-13)9-14-12(3)4/h12,14H,5-11H2,1-4H3. The summed E-state index contributed by atoms with van der Waals surface area (Å²) in [5.74, 6) is 0. The molecule has 16 heavy (non-hydrogen) atoms. The van der Waals surface area contributed by atoms with Gasteiger partial charge in [-0.05, 0) is 19.5 Å². The van der Waals surface area contributed by atoms with Crippen LogP contribution in [0.5, 0.6) is 0 Å². The van der Waals surface area contributed by atoms with Crippen molar-refractivity contribution < 1.29 is 4.74 Å². The lowest BCUT2D eigenvalue weighted by molar-refractivity contribution is 0.111. The maximum Gasteiger partial charge on any atom is 0.0547 e. The molecular formula is C13H28N2O. The summed E-state index contributed by atoms with van der Waals surface area (Å²) in [4.78, 5) is 2.51. The van der Waals surface area contributed by atoms with Gasteiger partial charge in [-0.25, -0.2) is 0 Å². The molecule has 3 nitrogen and oxygen atoms in total. The molecule has 1 aliphatic rings. The van der Waals surface area contributed by atoms with E-state index in [0.717, 1.165) is 32.8 Å².